The number of terminal acetylenes is 1. The van der Waals surface area contributed by atoms with Crippen molar-refractivity contribution in [3.63, 3.8) is 0 Å². The monoisotopic (exact) mass is 628 g/mol. The minimum Gasteiger partial charge on any atom is -0.490 e. The topological polar surface area (TPSA) is 120 Å². The highest BCUT2D eigenvalue weighted by Gasteiger charge is 2.32. The summed E-state index contributed by atoms with van der Waals surface area (Å²) < 4.78 is 22.9. The standard InChI is InChI=1S/C28H29BrN4O6S/c1-5-12-38-26-20(29)13-18(14-22(26)36-6-2)15-30-33-23(34)16-39-21-11-9-8-10-19(21)25-24(27(35)37-7-3)17(4)31-28(40)32-25/h1,8-11,13-15,25H,6-7,12,16H2,2-4H3,(H,33,34)(H2,31,32,40)/t25-/m1/s1. The quantitative estimate of drug-likeness (QED) is 0.106. The molecule has 2 aromatic carbocycles. The number of amides is 1. The van der Waals surface area contributed by atoms with E-state index in [2.05, 4.69) is 43.0 Å². The van der Waals surface area contributed by atoms with Crippen LogP contribution in [0.3, 0.4) is 0 Å². The number of esters is 1. The van der Waals surface area contributed by atoms with Gasteiger partial charge in [0, 0.05) is 11.3 Å². The van der Waals surface area contributed by atoms with Crippen LogP contribution in [0.2, 0.25) is 0 Å². The van der Waals surface area contributed by atoms with Crippen LogP contribution in [-0.2, 0) is 14.3 Å². The minimum absolute atomic E-state index is 0.0890. The van der Waals surface area contributed by atoms with Crippen molar-refractivity contribution < 1.29 is 28.5 Å². The van der Waals surface area contributed by atoms with Crippen LogP contribution in [0.5, 0.6) is 17.2 Å². The molecule has 1 aliphatic rings. The molecule has 0 saturated heterocycles. The van der Waals surface area contributed by atoms with E-state index in [1.165, 1.54) is 6.21 Å². The Balaban J connectivity index is 1.70. The van der Waals surface area contributed by atoms with Crippen LogP contribution in [0, 0.1) is 12.3 Å². The molecule has 0 spiro atoms. The Labute approximate surface area is 246 Å². The molecule has 0 fully saturated rings. The molecule has 0 saturated carbocycles. The Kier molecular flexibility index (Phi) is 11.4. The third kappa shape index (κ3) is 7.97. The van der Waals surface area contributed by atoms with Gasteiger partial charge in [-0.25, -0.2) is 10.2 Å². The molecular formula is C28H29BrN4O6S. The van der Waals surface area contributed by atoms with Crippen LogP contribution in [0.1, 0.15) is 37.9 Å². The van der Waals surface area contributed by atoms with Crippen molar-refractivity contribution in [1.29, 1.82) is 0 Å². The van der Waals surface area contributed by atoms with Gasteiger partial charge in [0.25, 0.3) is 5.91 Å². The van der Waals surface area contributed by atoms with Crippen molar-refractivity contribution >= 4 is 51.4 Å². The maximum Gasteiger partial charge on any atom is 0.338 e. The number of thiocarbonyl (C=S) groups is 1. The Bertz CT molecular complexity index is 1370. The van der Waals surface area contributed by atoms with Gasteiger partial charge in [-0.15, -0.1) is 6.42 Å². The number of hydrazone groups is 1. The lowest BCUT2D eigenvalue weighted by atomic mass is 9.95. The molecule has 210 valence electrons. The fraction of sp³-hybridized carbons (Fsp3) is 0.286. The number of rotatable bonds is 12. The number of para-hydroxylation sites is 1. The highest BCUT2D eigenvalue weighted by atomic mass is 79.9. The van der Waals surface area contributed by atoms with E-state index in [1.807, 2.05) is 6.92 Å². The zero-order chi connectivity index (χ0) is 29.1. The average molecular weight is 630 g/mol. The Morgan fingerprint density at radius 3 is 2.67 bits per heavy atom. The molecule has 0 radical (unpaired) electrons. The fourth-order valence-corrected chi connectivity index (χ4v) is 4.64. The first-order chi connectivity index (χ1) is 19.3. The van der Waals surface area contributed by atoms with Gasteiger partial charge in [0.05, 0.1) is 35.5 Å². The highest BCUT2D eigenvalue weighted by molar-refractivity contribution is 9.10. The first-order valence-electron chi connectivity index (χ1n) is 12.3. The van der Waals surface area contributed by atoms with Crippen molar-refractivity contribution in [2.24, 2.45) is 5.10 Å². The Morgan fingerprint density at radius 2 is 1.95 bits per heavy atom. The Hall–Kier alpha value is -4.08. The van der Waals surface area contributed by atoms with Gasteiger partial charge in [0.1, 0.15) is 12.4 Å². The number of hydrogen-bond acceptors (Lipinski definition) is 8. The maximum absolute atomic E-state index is 12.7. The number of carbonyl (C=O) groups excluding carboxylic acids is 2. The molecule has 0 bridgehead atoms. The van der Waals surface area contributed by atoms with Gasteiger partial charge < -0.3 is 29.6 Å². The van der Waals surface area contributed by atoms with Crippen LogP contribution in [0.4, 0.5) is 0 Å². The van der Waals surface area contributed by atoms with Gasteiger partial charge in [0.2, 0.25) is 0 Å². The van der Waals surface area contributed by atoms with Crippen molar-refractivity contribution in [3.8, 4) is 29.6 Å². The summed E-state index contributed by atoms with van der Waals surface area (Å²) in [6, 6.07) is 9.89. The molecule has 2 aromatic rings. The van der Waals surface area contributed by atoms with Crippen molar-refractivity contribution in [1.82, 2.24) is 16.1 Å². The summed E-state index contributed by atoms with van der Waals surface area (Å²) in [6.45, 7) is 5.73. The lowest BCUT2D eigenvalue weighted by molar-refractivity contribution is -0.139. The van der Waals surface area contributed by atoms with Gasteiger partial charge in [-0.2, -0.15) is 5.10 Å². The van der Waals surface area contributed by atoms with Gasteiger partial charge in [-0.05, 0) is 72.7 Å². The van der Waals surface area contributed by atoms with E-state index in [1.54, 1.807) is 50.2 Å². The number of ether oxygens (including phenoxy) is 4. The normalized spacial score (nSPS) is 14.6. The third-order valence-corrected chi connectivity index (χ3v) is 6.20. The number of allylic oxidation sites excluding steroid dienone is 1. The highest BCUT2D eigenvalue weighted by Crippen LogP contribution is 2.37. The molecule has 0 aliphatic carbocycles. The number of nitrogens with one attached hydrogen (secondary N) is 3. The van der Waals surface area contributed by atoms with E-state index in [0.29, 0.717) is 55.8 Å². The number of benzene rings is 2. The molecule has 3 N–H and O–H groups in total. The summed E-state index contributed by atoms with van der Waals surface area (Å²) in [4.78, 5) is 25.2. The zero-order valence-corrected chi connectivity index (χ0v) is 24.6. The number of hydrogen-bond donors (Lipinski definition) is 3. The smallest absolute Gasteiger partial charge is 0.338 e. The maximum atomic E-state index is 12.7. The molecule has 1 aliphatic heterocycles. The zero-order valence-electron chi connectivity index (χ0n) is 22.2. The van der Waals surface area contributed by atoms with Crippen molar-refractivity contribution in [3.05, 3.63) is 63.3 Å². The predicted octanol–water partition coefficient (Wildman–Crippen LogP) is 3.74. The lowest BCUT2D eigenvalue weighted by Gasteiger charge is -2.30. The van der Waals surface area contributed by atoms with Crippen LogP contribution in [0.15, 0.2) is 57.2 Å². The van der Waals surface area contributed by atoms with E-state index in [-0.39, 0.29) is 19.8 Å². The summed E-state index contributed by atoms with van der Waals surface area (Å²) in [7, 11) is 0. The van der Waals surface area contributed by atoms with Crippen LogP contribution >= 0.6 is 28.1 Å². The predicted molar refractivity (Wildman–Crippen MR) is 158 cm³/mol. The van der Waals surface area contributed by atoms with Crippen LogP contribution < -0.4 is 30.3 Å². The molecule has 3 rings (SSSR count). The van der Waals surface area contributed by atoms with E-state index < -0.39 is 17.9 Å². The van der Waals surface area contributed by atoms with Gasteiger partial charge in [-0.3, -0.25) is 4.79 Å². The minimum atomic E-state index is -0.629. The first kappa shape index (κ1) is 30.5. The summed E-state index contributed by atoms with van der Waals surface area (Å²) >= 11 is 8.75. The molecule has 10 nitrogen and oxygen atoms in total. The van der Waals surface area contributed by atoms with Crippen LogP contribution in [-0.4, -0.2) is 49.6 Å². The van der Waals surface area contributed by atoms with E-state index in [4.69, 9.17) is 37.6 Å². The lowest BCUT2D eigenvalue weighted by Crippen LogP contribution is -2.45. The van der Waals surface area contributed by atoms with Gasteiger partial charge in [-0.1, -0.05) is 24.1 Å². The van der Waals surface area contributed by atoms with E-state index in [9.17, 15) is 9.59 Å². The molecule has 12 heteroatoms. The van der Waals surface area contributed by atoms with Crippen molar-refractivity contribution in [2.75, 3.05) is 26.4 Å². The molecule has 1 atom stereocenters. The van der Waals surface area contributed by atoms with Gasteiger partial charge >= 0.3 is 5.97 Å². The second-order valence-corrected chi connectivity index (χ2v) is 9.43. The Morgan fingerprint density at radius 1 is 1.18 bits per heavy atom. The van der Waals surface area contributed by atoms with Crippen LogP contribution in [0.25, 0.3) is 0 Å². The van der Waals surface area contributed by atoms with E-state index >= 15 is 0 Å². The SMILES string of the molecule is C#CCOc1c(Br)cc(C=NNC(=O)COc2ccccc2[C@H]2NC(=S)NC(C)=C2C(=O)OCC)cc1OCC. The number of halogens is 1. The van der Waals surface area contributed by atoms with Gasteiger partial charge in [0.15, 0.2) is 23.2 Å². The van der Waals surface area contributed by atoms with Crippen molar-refractivity contribution in [2.45, 2.75) is 26.8 Å². The summed E-state index contributed by atoms with van der Waals surface area (Å²) in [5, 5.41) is 10.4. The fourth-order valence-electron chi connectivity index (χ4n) is 3.79. The second kappa shape index (κ2) is 14.9. The number of carbonyl (C=O) groups is 2. The van der Waals surface area contributed by atoms with E-state index in [0.717, 1.165) is 0 Å². The summed E-state index contributed by atoms with van der Waals surface area (Å²) in [6.07, 6.45) is 6.75. The summed E-state index contributed by atoms with van der Waals surface area (Å²) in [5.74, 6) is 2.80. The largest absolute Gasteiger partial charge is 0.490 e. The first-order valence-corrected chi connectivity index (χ1v) is 13.5. The summed E-state index contributed by atoms with van der Waals surface area (Å²) in [5.41, 5.74) is 4.65. The average Bonchev–Trinajstić information content (AvgIpc) is 2.91. The molecule has 40 heavy (non-hydrogen) atoms. The third-order valence-electron chi connectivity index (χ3n) is 5.39. The molecule has 0 unspecified atom stereocenters. The molecule has 0 aromatic heterocycles. The second-order valence-electron chi connectivity index (χ2n) is 8.17. The molecule has 1 heterocycles. The number of nitrogens with zero attached hydrogens (tertiary/aromatic N) is 1. The molecular weight excluding hydrogens is 600 g/mol. The molecule has 1 amide bonds.